The van der Waals surface area contributed by atoms with Crippen molar-refractivity contribution in [3.63, 3.8) is 0 Å². The Morgan fingerprint density at radius 2 is 1.71 bits per heavy atom. The van der Waals surface area contributed by atoms with Gasteiger partial charge in [-0.25, -0.2) is 4.79 Å². The van der Waals surface area contributed by atoms with E-state index in [1.54, 1.807) is 42.5 Å². The second-order valence-electron chi connectivity index (χ2n) is 8.21. The summed E-state index contributed by atoms with van der Waals surface area (Å²) in [4.78, 5) is 39.8. The second kappa shape index (κ2) is 11.4. The molecule has 0 radical (unpaired) electrons. The van der Waals surface area contributed by atoms with Crippen molar-refractivity contribution in [2.24, 2.45) is 0 Å². The Balaban J connectivity index is 1.31. The molecule has 5 rings (SSSR count). The highest BCUT2D eigenvalue weighted by Gasteiger charge is 2.35. The molecule has 4 aromatic rings. The third kappa shape index (κ3) is 5.62. The van der Waals surface area contributed by atoms with Gasteiger partial charge in [0.05, 0.1) is 22.0 Å². The fourth-order valence-corrected chi connectivity index (χ4v) is 5.36. The summed E-state index contributed by atoms with van der Waals surface area (Å²) in [7, 11) is 0. The fourth-order valence-electron chi connectivity index (χ4n) is 3.91. The van der Waals surface area contributed by atoms with Crippen molar-refractivity contribution in [1.29, 1.82) is 0 Å². The third-order valence-electron chi connectivity index (χ3n) is 5.75. The minimum absolute atomic E-state index is 0.0953. The van der Waals surface area contributed by atoms with E-state index in [2.05, 4.69) is 15.9 Å². The van der Waals surface area contributed by atoms with Gasteiger partial charge in [0.15, 0.2) is 0 Å². The number of esters is 1. The van der Waals surface area contributed by atoms with Crippen molar-refractivity contribution in [3.05, 3.63) is 110 Å². The number of benzene rings is 4. The number of hydrogen-bond donors (Lipinski definition) is 0. The number of carbonyl (C=O) groups is 3. The maximum Gasteiger partial charge on any atom is 0.345 e. The third-order valence-corrected chi connectivity index (χ3v) is 7.48. The topological polar surface area (TPSA) is 72.9 Å². The van der Waals surface area contributed by atoms with Crippen LogP contribution in [0.2, 0.25) is 5.02 Å². The molecule has 1 saturated heterocycles. The van der Waals surface area contributed by atoms with Gasteiger partial charge in [-0.1, -0.05) is 76.1 Å². The Morgan fingerprint density at radius 1 is 0.947 bits per heavy atom. The molecule has 0 aromatic heterocycles. The van der Waals surface area contributed by atoms with E-state index < -0.39 is 17.1 Å². The largest absolute Gasteiger partial charge is 0.491 e. The van der Waals surface area contributed by atoms with E-state index in [4.69, 9.17) is 21.1 Å². The molecule has 4 aromatic carbocycles. The van der Waals surface area contributed by atoms with Crippen LogP contribution in [0.15, 0.2) is 94.3 Å². The molecule has 1 fully saturated rings. The van der Waals surface area contributed by atoms with Crippen molar-refractivity contribution in [2.45, 2.75) is 0 Å². The molecule has 0 spiro atoms. The van der Waals surface area contributed by atoms with Crippen molar-refractivity contribution in [2.75, 3.05) is 13.2 Å². The van der Waals surface area contributed by atoms with Gasteiger partial charge < -0.3 is 9.47 Å². The smallest absolute Gasteiger partial charge is 0.345 e. The van der Waals surface area contributed by atoms with E-state index >= 15 is 0 Å². The second-order valence-corrected chi connectivity index (χ2v) is 10.5. The summed E-state index contributed by atoms with van der Waals surface area (Å²) in [6.45, 7) is 0.245. The molecular formula is C29H19BrClNO5S. The number of ether oxygens (including phenoxy) is 2. The molecule has 2 amide bonds. The Kier molecular flexibility index (Phi) is 7.83. The fraction of sp³-hybridized carbons (Fsp3) is 0.0690. The molecule has 1 aliphatic rings. The van der Waals surface area contributed by atoms with Crippen LogP contribution in [-0.4, -0.2) is 35.2 Å². The number of carbonyl (C=O) groups excluding carboxylic acids is 3. The number of amides is 2. The van der Waals surface area contributed by atoms with Crippen LogP contribution in [0.5, 0.6) is 11.5 Å². The highest BCUT2D eigenvalue weighted by molar-refractivity contribution is 9.10. The summed E-state index contributed by atoms with van der Waals surface area (Å²) >= 11 is 10.4. The lowest BCUT2D eigenvalue weighted by molar-refractivity contribution is -0.123. The van der Waals surface area contributed by atoms with E-state index in [1.165, 1.54) is 6.08 Å². The number of hydrogen-bond acceptors (Lipinski definition) is 6. The van der Waals surface area contributed by atoms with E-state index in [-0.39, 0.29) is 34.4 Å². The molecule has 38 heavy (non-hydrogen) atoms. The zero-order chi connectivity index (χ0) is 26.6. The van der Waals surface area contributed by atoms with Crippen LogP contribution in [0.1, 0.15) is 15.9 Å². The standard InChI is InChI=1S/C29H19BrClNO5S/c30-20-12-13-24(37-28(34)22-9-3-4-10-23(22)31)19(16-20)17-26-27(33)32(29(35)38-26)14-15-36-25-11-5-7-18-6-1-2-8-21(18)25/h1-13,16-17H,14-15H2/b26-17-. The first-order chi connectivity index (χ1) is 18.4. The molecule has 0 unspecified atom stereocenters. The van der Waals surface area contributed by atoms with Crippen LogP contribution in [0.25, 0.3) is 16.8 Å². The first kappa shape index (κ1) is 26.0. The minimum Gasteiger partial charge on any atom is -0.491 e. The Hall–Kier alpha value is -3.59. The maximum atomic E-state index is 13.1. The SMILES string of the molecule is O=C(Oc1ccc(Br)cc1/C=C1\SC(=O)N(CCOc2cccc3ccccc23)C1=O)c1ccccc1Cl. The molecule has 0 bridgehead atoms. The van der Waals surface area contributed by atoms with Crippen LogP contribution in [0.3, 0.4) is 0 Å². The summed E-state index contributed by atoms with van der Waals surface area (Å²) in [5.41, 5.74) is 0.673. The van der Waals surface area contributed by atoms with Crippen molar-refractivity contribution < 1.29 is 23.9 Å². The molecule has 6 nitrogen and oxygen atoms in total. The minimum atomic E-state index is -0.633. The van der Waals surface area contributed by atoms with Crippen LogP contribution in [0, 0.1) is 0 Å². The lowest BCUT2D eigenvalue weighted by Crippen LogP contribution is -2.32. The summed E-state index contributed by atoms with van der Waals surface area (Å²) in [6.07, 6.45) is 1.54. The Morgan fingerprint density at radius 3 is 2.55 bits per heavy atom. The Bertz CT molecular complexity index is 1600. The summed E-state index contributed by atoms with van der Waals surface area (Å²) in [6, 6.07) is 25.2. The summed E-state index contributed by atoms with van der Waals surface area (Å²) < 4.78 is 12.2. The molecule has 0 N–H and O–H groups in total. The van der Waals surface area contributed by atoms with E-state index in [0.717, 1.165) is 27.4 Å². The molecule has 0 aliphatic carbocycles. The lowest BCUT2D eigenvalue weighted by atomic mass is 10.1. The zero-order valence-electron chi connectivity index (χ0n) is 19.7. The molecule has 1 aliphatic heterocycles. The van der Waals surface area contributed by atoms with E-state index in [0.29, 0.717) is 15.8 Å². The molecule has 1 heterocycles. The first-order valence-corrected chi connectivity index (χ1v) is 13.5. The normalized spacial score (nSPS) is 14.4. The number of rotatable bonds is 7. The van der Waals surface area contributed by atoms with Gasteiger partial charge in [0.1, 0.15) is 18.1 Å². The number of fused-ring (bicyclic) bond motifs is 1. The van der Waals surface area contributed by atoms with Crippen LogP contribution in [-0.2, 0) is 4.79 Å². The quantitative estimate of drug-likeness (QED) is 0.122. The molecular weight excluding hydrogens is 590 g/mol. The highest BCUT2D eigenvalue weighted by Crippen LogP contribution is 2.35. The van der Waals surface area contributed by atoms with Crippen molar-refractivity contribution in [1.82, 2.24) is 4.90 Å². The van der Waals surface area contributed by atoms with Gasteiger partial charge in [0.25, 0.3) is 11.1 Å². The predicted molar refractivity (Wildman–Crippen MR) is 153 cm³/mol. The highest BCUT2D eigenvalue weighted by atomic mass is 79.9. The van der Waals surface area contributed by atoms with Gasteiger partial charge in [-0.2, -0.15) is 0 Å². The molecule has 190 valence electrons. The van der Waals surface area contributed by atoms with Crippen LogP contribution < -0.4 is 9.47 Å². The number of thioether (sulfide) groups is 1. The summed E-state index contributed by atoms with van der Waals surface area (Å²) in [5.74, 6) is -0.162. The van der Waals surface area contributed by atoms with Gasteiger partial charge in [0.2, 0.25) is 0 Å². The van der Waals surface area contributed by atoms with E-state index in [1.807, 2.05) is 42.5 Å². The number of nitrogens with zero attached hydrogens (tertiary/aromatic N) is 1. The van der Waals surface area contributed by atoms with Gasteiger partial charge in [-0.05, 0) is 59.6 Å². The number of imide groups is 1. The Labute approximate surface area is 236 Å². The van der Waals surface area contributed by atoms with E-state index in [9.17, 15) is 14.4 Å². The van der Waals surface area contributed by atoms with Crippen molar-refractivity contribution in [3.8, 4) is 11.5 Å². The summed E-state index contributed by atoms with van der Waals surface area (Å²) in [5, 5.41) is 1.87. The van der Waals surface area contributed by atoms with Gasteiger partial charge in [-0.3, -0.25) is 14.5 Å². The zero-order valence-corrected chi connectivity index (χ0v) is 22.9. The number of halogens is 2. The van der Waals surface area contributed by atoms with Gasteiger partial charge in [-0.15, -0.1) is 0 Å². The van der Waals surface area contributed by atoms with Crippen LogP contribution >= 0.6 is 39.3 Å². The maximum absolute atomic E-state index is 13.1. The van der Waals surface area contributed by atoms with Gasteiger partial charge >= 0.3 is 5.97 Å². The molecule has 0 saturated carbocycles. The predicted octanol–water partition coefficient (Wildman–Crippen LogP) is 7.59. The van der Waals surface area contributed by atoms with Crippen molar-refractivity contribution >= 4 is 73.3 Å². The molecule has 9 heteroatoms. The lowest BCUT2D eigenvalue weighted by Gasteiger charge is -2.14. The van der Waals surface area contributed by atoms with Crippen LogP contribution in [0.4, 0.5) is 4.79 Å². The first-order valence-electron chi connectivity index (χ1n) is 11.5. The average molecular weight is 609 g/mol. The van der Waals surface area contributed by atoms with Gasteiger partial charge in [0, 0.05) is 15.4 Å². The molecule has 0 atom stereocenters. The monoisotopic (exact) mass is 607 g/mol. The average Bonchev–Trinajstić information content (AvgIpc) is 3.18.